The van der Waals surface area contributed by atoms with Crippen molar-refractivity contribution in [3.8, 4) is 0 Å². The second-order valence-electron chi connectivity index (χ2n) is 4.02. The van der Waals surface area contributed by atoms with Gasteiger partial charge in [-0.05, 0) is 24.9 Å². The fraction of sp³-hybridized carbons (Fsp3) is 0.417. The Morgan fingerprint density at radius 2 is 2.28 bits per heavy atom. The van der Waals surface area contributed by atoms with Crippen LogP contribution in [0.15, 0.2) is 23.4 Å². The van der Waals surface area contributed by atoms with Crippen LogP contribution in [0.25, 0.3) is 0 Å². The smallest absolute Gasteiger partial charge is 0.170 e. The van der Waals surface area contributed by atoms with Crippen LogP contribution in [0.3, 0.4) is 0 Å². The van der Waals surface area contributed by atoms with E-state index in [0.29, 0.717) is 10.6 Å². The van der Waals surface area contributed by atoms with Crippen molar-refractivity contribution in [3.05, 3.63) is 34.3 Å². The summed E-state index contributed by atoms with van der Waals surface area (Å²) in [6, 6.07) is 5.43. The molecule has 0 saturated carbocycles. The molecule has 0 aromatic heterocycles. The molecule has 0 aliphatic heterocycles. The Labute approximate surface area is 117 Å². The van der Waals surface area contributed by atoms with Gasteiger partial charge in [-0.25, -0.2) is 0 Å². The predicted octanol–water partition coefficient (Wildman–Crippen LogP) is 2.23. The van der Waals surface area contributed by atoms with Crippen molar-refractivity contribution in [3.63, 3.8) is 0 Å². The summed E-state index contributed by atoms with van der Waals surface area (Å²) in [5, 5.41) is 12.2. The molecule has 0 radical (unpaired) electrons. The molecule has 0 heterocycles. The number of oxime groups is 1. The van der Waals surface area contributed by atoms with Gasteiger partial charge in [0.15, 0.2) is 5.84 Å². The van der Waals surface area contributed by atoms with Crippen LogP contribution in [0.1, 0.15) is 11.1 Å². The zero-order valence-electron chi connectivity index (χ0n) is 10.6. The van der Waals surface area contributed by atoms with Gasteiger partial charge in [-0.3, -0.25) is 0 Å². The van der Waals surface area contributed by atoms with Crippen LogP contribution in [0.5, 0.6) is 0 Å². The summed E-state index contributed by atoms with van der Waals surface area (Å²) in [5.74, 6) is 1.16. The van der Waals surface area contributed by atoms with Gasteiger partial charge in [-0.15, -0.1) is 0 Å². The van der Waals surface area contributed by atoms with E-state index in [-0.39, 0.29) is 5.84 Å². The third-order valence-corrected chi connectivity index (χ3v) is 3.52. The number of nitrogens with two attached hydrogens (primary N) is 1. The summed E-state index contributed by atoms with van der Waals surface area (Å²) < 4.78 is 0. The van der Waals surface area contributed by atoms with Crippen LogP contribution >= 0.6 is 23.4 Å². The van der Waals surface area contributed by atoms with Gasteiger partial charge in [-0.1, -0.05) is 28.9 Å². The maximum atomic E-state index is 8.60. The second-order valence-corrected chi connectivity index (χ2v) is 5.41. The number of nitrogens with zero attached hydrogens (tertiary/aromatic N) is 2. The highest BCUT2D eigenvalue weighted by Crippen LogP contribution is 2.19. The molecule has 1 aromatic rings. The van der Waals surface area contributed by atoms with Crippen molar-refractivity contribution in [1.29, 1.82) is 0 Å². The van der Waals surface area contributed by atoms with Gasteiger partial charge in [0.1, 0.15) is 0 Å². The molecule has 1 aromatic carbocycles. The fourth-order valence-corrected chi connectivity index (χ4v) is 2.24. The molecule has 0 unspecified atom stereocenters. The van der Waals surface area contributed by atoms with E-state index in [4.69, 9.17) is 22.5 Å². The highest BCUT2D eigenvalue weighted by Gasteiger charge is 2.07. The molecule has 0 spiro atoms. The van der Waals surface area contributed by atoms with Crippen LogP contribution in [-0.4, -0.2) is 41.5 Å². The minimum absolute atomic E-state index is 0.0687. The minimum Gasteiger partial charge on any atom is -0.409 e. The number of rotatable bonds is 6. The van der Waals surface area contributed by atoms with E-state index in [2.05, 4.69) is 23.4 Å². The van der Waals surface area contributed by atoms with E-state index < -0.39 is 0 Å². The lowest BCUT2D eigenvalue weighted by molar-refractivity contribution is 0.318. The number of halogens is 1. The van der Waals surface area contributed by atoms with Gasteiger partial charge in [0, 0.05) is 29.4 Å². The Morgan fingerprint density at radius 3 is 2.83 bits per heavy atom. The maximum absolute atomic E-state index is 8.60. The molecule has 6 heteroatoms. The number of hydrogen-bond donors (Lipinski definition) is 2. The van der Waals surface area contributed by atoms with Gasteiger partial charge >= 0.3 is 0 Å². The summed E-state index contributed by atoms with van der Waals surface area (Å²) in [6.45, 7) is 1.80. The van der Waals surface area contributed by atoms with E-state index in [0.717, 1.165) is 24.4 Å². The van der Waals surface area contributed by atoms with E-state index in [1.165, 1.54) is 0 Å². The molecule has 0 amide bonds. The van der Waals surface area contributed by atoms with Gasteiger partial charge in [0.2, 0.25) is 0 Å². The lowest BCUT2D eigenvalue weighted by Crippen LogP contribution is -2.21. The predicted molar refractivity (Wildman–Crippen MR) is 78.7 cm³/mol. The molecule has 4 nitrogen and oxygen atoms in total. The van der Waals surface area contributed by atoms with Crippen LogP contribution in [-0.2, 0) is 6.54 Å². The molecule has 18 heavy (non-hydrogen) atoms. The molecular formula is C12H18ClN3OS. The van der Waals surface area contributed by atoms with Gasteiger partial charge in [0.25, 0.3) is 0 Å². The lowest BCUT2D eigenvalue weighted by Gasteiger charge is -2.17. The summed E-state index contributed by atoms with van der Waals surface area (Å²) in [4.78, 5) is 2.21. The largest absolute Gasteiger partial charge is 0.409 e. The topological polar surface area (TPSA) is 61.8 Å². The SMILES string of the molecule is CSCCN(C)Cc1ccc(/C(N)=N/O)cc1Cl. The number of benzene rings is 1. The Bertz CT molecular complexity index is 426. The van der Waals surface area contributed by atoms with Crippen molar-refractivity contribution in [2.45, 2.75) is 6.54 Å². The van der Waals surface area contributed by atoms with Gasteiger partial charge in [0.05, 0.1) is 0 Å². The zero-order valence-corrected chi connectivity index (χ0v) is 12.1. The lowest BCUT2D eigenvalue weighted by atomic mass is 10.1. The Morgan fingerprint density at radius 1 is 1.56 bits per heavy atom. The summed E-state index contributed by atoms with van der Waals surface area (Å²) in [7, 11) is 2.06. The average Bonchev–Trinajstić information content (AvgIpc) is 2.37. The molecule has 3 N–H and O–H groups in total. The molecule has 0 saturated heterocycles. The first-order valence-corrected chi connectivity index (χ1v) is 7.29. The summed E-state index contributed by atoms with van der Waals surface area (Å²) >= 11 is 8.00. The number of amidine groups is 1. The normalized spacial score (nSPS) is 12.1. The highest BCUT2D eigenvalue weighted by molar-refractivity contribution is 7.98. The molecule has 0 aliphatic rings. The first-order valence-electron chi connectivity index (χ1n) is 5.52. The molecule has 0 aliphatic carbocycles. The Balaban J connectivity index is 2.74. The fourth-order valence-electron chi connectivity index (χ4n) is 1.51. The van der Waals surface area contributed by atoms with Crippen molar-refractivity contribution in [2.24, 2.45) is 10.9 Å². The van der Waals surface area contributed by atoms with Crippen LogP contribution < -0.4 is 5.73 Å². The Kier molecular flexibility index (Phi) is 6.32. The average molecular weight is 288 g/mol. The van der Waals surface area contributed by atoms with Crippen molar-refractivity contribution >= 4 is 29.2 Å². The zero-order chi connectivity index (χ0) is 13.5. The number of thioether (sulfide) groups is 1. The highest BCUT2D eigenvalue weighted by atomic mass is 35.5. The molecule has 1 rings (SSSR count). The van der Waals surface area contributed by atoms with E-state index in [1.807, 2.05) is 17.8 Å². The van der Waals surface area contributed by atoms with Crippen molar-refractivity contribution in [2.75, 3.05) is 25.6 Å². The molecule has 0 atom stereocenters. The van der Waals surface area contributed by atoms with Crippen LogP contribution in [0.2, 0.25) is 5.02 Å². The Hall–Kier alpha value is -0.910. The summed E-state index contributed by atoms with van der Waals surface area (Å²) in [5.41, 5.74) is 7.17. The third kappa shape index (κ3) is 4.40. The first-order chi connectivity index (χ1) is 8.58. The minimum atomic E-state index is 0.0687. The molecule has 0 bridgehead atoms. The van der Waals surface area contributed by atoms with Crippen LogP contribution in [0.4, 0.5) is 0 Å². The van der Waals surface area contributed by atoms with Crippen LogP contribution in [0, 0.1) is 0 Å². The maximum Gasteiger partial charge on any atom is 0.170 e. The monoisotopic (exact) mass is 287 g/mol. The third-order valence-electron chi connectivity index (χ3n) is 2.57. The van der Waals surface area contributed by atoms with E-state index in [1.54, 1.807) is 12.1 Å². The van der Waals surface area contributed by atoms with Crippen molar-refractivity contribution < 1.29 is 5.21 Å². The number of hydrogen-bond acceptors (Lipinski definition) is 4. The van der Waals surface area contributed by atoms with E-state index in [9.17, 15) is 0 Å². The van der Waals surface area contributed by atoms with Gasteiger partial charge in [-0.2, -0.15) is 11.8 Å². The molecule has 0 fully saturated rings. The summed E-state index contributed by atoms with van der Waals surface area (Å²) in [6.07, 6.45) is 2.09. The van der Waals surface area contributed by atoms with E-state index >= 15 is 0 Å². The van der Waals surface area contributed by atoms with Gasteiger partial charge < -0.3 is 15.8 Å². The first kappa shape index (κ1) is 15.1. The quantitative estimate of drug-likeness (QED) is 0.364. The second kappa shape index (κ2) is 7.51. The van der Waals surface area contributed by atoms with Crippen molar-refractivity contribution in [1.82, 2.24) is 4.90 Å². The standard InChI is InChI=1S/C12H18ClN3OS/c1-16(5-6-18-2)8-10-4-3-9(7-11(10)13)12(14)15-17/h3-4,7,17H,5-6,8H2,1-2H3,(H2,14,15). The molecule has 100 valence electrons. The molecular weight excluding hydrogens is 270 g/mol.